The van der Waals surface area contributed by atoms with Gasteiger partial charge in [-0.15, -0.1) is 0 Å². The summed E-state index contributed by atoms with van der Waals surface area (Å²) < 4.78 is 70.5. The van der Waals surface area contributed by atoms with E-state index >= 15 is 0 Å². The molecular weight excluding hydrogens is 473 g/mol. The molecule has 0 saturated heterocycles. The highest BCUT2D eigenvalue weighted by atomic mass is 32.2. The van der Waals surface area contributed by atoms with Gasteiger partial charge in [0.25, 0.3) is 5.91 Å². The van der Waals surface area contributed by atoms with Crippen LogP contribution in [0.25, 0.3) is 0 Å². The average Bonchev–Trinajstić information content (AvgIpc) is 2.77. The first kappa shape index (κ1) is 25.5. The number of pyridine rings is 1. The van der Waals surface area contributed by atoms with Gasteiger partial charge in [0.05, 0.1) is 11.9 Å². The number of aryl methyl sites for hydroxylation is 1. The van der Waals surface area contributed by atoms with Gasteiger partial charge < -0.3 is 15.8 Å². The molecule has 2 aromatic rings. The number of sulfone groups is 1. The van der Waals surface area contributed by atoms with Crippen LogP contribution in [0.4, 0.5) is 18.9 Å². The van der Waals surface area contributed by atoms with E-state index in [4.69, 9.17) is 10.5 Å². The van der Waals surface area contributed by atoms with Gasteiger partial charge >= 0.3 is 0 Å². The molecule has 0 bridgehead atoms. The minimum Gasteiger partial charge on any atom is -0.489 e. The Hall–Kier alpha value is -3.15. The smallest absolute Gasteiger partial charge is 0.274 e. The van der Waals surface area contributed by atoms with E-state index in [1.807, 2.05) is 0 Å². The van der Waals surface area contributed by atoms with Crippen molar-refractivity contribution in [2.75, 3.05) is 31.0 Å². The molecule has 1 aliphatic heterocycles. The van der Waals surface area contributed by atoms with Gasteiger partial charge in [0, 0.05) is 11.3 Å². The number of nitrogens with zero attached hydrogens (tertiary/aromatic N) is 2. The van der Waals surface area contributed by atoms with Crippen molar-refractivity contribution in [2.45, 2.75) is 31.1 Å². The number of amides is 1. The van der Waals surface area contributed by atoms with Crippen LogP contribution in [0.2, 0.25) is 0 Å². The number of nitrogens with two attached hydrogens (primary N) is 1. The number of aliphatic imine (C=N–C) groups is 1. The van der Waals surface area contributed by atoms with Crippen molar-refractivity contribution in [3.8, 4) is 5.75 Å². The number of alkyl halides is 2. The molecule has 1 amide bonds. The van der Waals surface area contributed by atoms with Gasteiger partial charge in [0.15, 0.2) is 9.84 Å². The molecule has 3 rings (SSSR count). The molecule has 184 valence electrons. The third-order valence-corrected chi connectivity index (χ3v) is 8.34. The third kappa shape index (κ3) is 4.59. The Morgan fingerprint density at radius 1 is 1.26 bits per heavy atom. The Balaban J connectivity index is 1.95. The summed E-state index contributed by atoms with van der Waals surface area (Å²) in [4.78, 5) is 20.8. The second kappa shape index (κ2) is 9.24. The second-order valence-corrected chi connectivity index (χ2v) is 11.0. The van der Waals surface area contributed by atoms with Crippen LogP contribution in [0.15, 0.2) is 35.5 Å². The summed E-state index contributed by atoms with van der Waals surface area (Å²) in [6.45, 7) is 2.15. The Kier molecular flexibility index (Phi) is 6.92. The summed E-state index contributed by atoms with van der Waals surface area (Å²) >= 11 is 0. The van der Waals surface area contributed by atoms with Crippen molar-refractivity contribution in [1.29, 1.82) is 0 Å². The Morgan fingerprint density at radius 3 is 2.56 bits per heavy atom. The van der Waals surface area contributed by atoms with Crippen LogP contribution < -0.4 is 15.8 Å². The van der Waals surface area contributed by atoms with E-state index in [1.54, 1.807) is 6.92 Å². The number of rotatable bonds is 7. The highest BCUT2D eigenvalue weighted by molar-refractivity contribution is 7.93. The van der Waals surface area contributed by atoms with E-state index in [1.165, 1.54) is 32.2 Å². The van der Waals surface area contributed by atoms with Crippen LogP contribution in [-0.4, -0.2) is 55.6 Å². The average molecular weight is 499 g/mol. The van der Waals surface area contributed by atoms with E-state index in [2.05, 4.69) is 15.3 Å². The molecule has 0 fully saturated rings. The number of anilines is 1. The molecule has 8 nitrogen and oxygen atoms in total. The molecule has 0 saturated carbocycles. The lowest BCUT2D eigenvalue weighted by Crippen LogP contribution is -2.56. The number of nitrogens with one attached hydrogen (secondary N) is 1. The molecule has 1 aromatic carbocycles. The van der Waals surface area contributed by atoms with Crippen LogP contribution in [0.3, 0.4) is 0 Å². The van der Waals surface area contributed by atoms with Crippen molar-refractivity contribution in [1.82, 2.24) is 4.98 Å². The molecule has 1 aromatic heterocycles. The van der Waals surface area contributed by atoms with E-state index in [-0.39, 0.29) is 35.1 Å². The van der Waals surface area contributed by atoms with Crippen molar-refractivity contribution >= 4 is 27.3 Å². The van der Waals surface area contributed by atoms with Gasteiger partial charge in [-0.25, -0.2) is 26.6 Å². The number of hydrogen-bond donors (Lipinski definition) is 2. The van der Waals surface area contributed by atoms with Gasteiger partial charge in [0.2, 0.25) is 0 Å². The van der Waals surface area contributed by atoms with Crippen LogP contribution in [-0.2, 0) is 15.4 Å². The Bertz CT molecular complexity index is 1250. The zero-order valence-corrected chi connectivity index (χ0v) is 19.7. The summed E-state index contributed by atoms with van der Waals surface area (Å²) in [5.74, 6) is -2.38. The third-order valence-electron chi connectivity index (χ3n) is 5.72. The normalized spacial score (nSPS) is 20.9. The molecule has 0 aliphatic carbocycles. The minimum atomic E-state index is -3.99. The highest BCUT2D eigenvalue weighted by Gasteiger charge is 2.52. The maximum absolute atomic E-state index is 14.8. The van der Waals surface area contributed by atoms with E-state index < -0.39 is 50.9 Å². The number of ether oxygens (including phenoxy) is 1. The largest absolute Gasteiger partial charge is 0.489 e. The molecule has 34 heavy (non-hydrogen) atoms. The van der Waals surface area contributed by atoms with Crippen LogP contribution in [0.5, 0.6) is 5.75 Å². The fourth-order valence-corrected chi connectivity index (χ4v) is 5.15. The SMILES string of the molecule is Cc1cc(OCCF)cnc1C(=O)Nc1ccc(F)c(C2(CF)CS(=O)(=O)C(C)(C)C(N)=N2)c1. The lowest BCUT2D eigenvalue weighted by atomic mass is 9.92. The number of aromatic nitrogens is 1. The van der Waals surface area contributed by atoms with Gasteiger partial charge in [-0.2, -0.15) is 0 Å². The first-order chi connectivity index (χ1) is 15.9. The quantitative estimate of drug-likeness (QED) is 0.605. The van der Waals surface area contributed by atoms with Gasteiger partial charge in [0.1, 0.15) is 53.3 Å². The fourth-order valence-electron chi connectivity index (χ4n) is 3.50. The maximum Gasteiger partial charge on any atom is 0.274 e. The zero-order chi connectivity index (χ0) is 25.3. The summed E-state index contributed by atoms with van der Waals surface area (Å²) in [7, 11) is -3.99. The first-order valence-electron chi connectivity index (χ1n) is 10.3. The Labute approximate surface area is 195 Å². The predicted octanol–water partition coefficient (Wildman–Crippen LogP) is 2.86. The summed E-state index contributed by atoms with van der Waals surface area (Å²) in [5.41, 5.74) is 3.95. The van der Waals surface area contributed by atoms with Crippen LogP contribution >= 0.6 is 0 Å². The fraction of sp³-hybridized carbons (Fsp3) is 0.409. The van der Waals surface area contributed by atoms with Crippen molar-refractivity contribution in [3.05, 3.63) is 53.1 Å². The summed E-state index contributed by atoms with van der Waals surface area (Å²) in [6.07, 6.45) is 1.26. The molecule has 1 aliphatic rings. The number of hydrogen-bond acceptors (Lipinski definition) is 7. The molecule has 2 heterocycles. The minimum absolute atomic E-state index is 0.0305. The van der Waals surface area contributed by atoms with E-state index in [0.717, 1.165) is 12.1 Å². The number of benzene rings is 1. The molecule has 1 unspecified atom stereocenters. The van der Waals surface area contributed by atoms with Crippen LogP contribution in [0.1, 0.15) is 35.5 Å². The highest BCUT2D eigenvalue weighted by Crippen LogP contribution is 2.39. The molecule has 1 atom stereocenters. The summed E-state index contributed by atoms with van der Waals surface area (Å²) in [6, 6.07) is 4.86. The van der Waals surface area contributed by atoms with E-state index in [9.17, 15) is 26.4 Å². The van der Waals surface area contributed by atoms with E-state index in [0.29, 0.717) is 5.56 Å². The molecule has 0 radical (unpaired) electrons. The van der Waals surface area contributed by atoms with Crippen molar-refractivity contribution in [3.63, 3.8) is 0 Å². The zero-order valence-electron chi connectivity index (χ0n) is 18.9. The molecule has 3 N–H and O–H groups in total. The molecular formula is C22H25F3N4O4S. The van der Waals surface area contributed by atoms with Crippen molar-refractivity contribution in [2.24, 2.45) is 10.7 Å². The standard InChI is InChI=1S/C22H25F3N4O4S/c1-13-8-15(33-7-6-23)10-27-18(13)19(30)28-14-4-5-17(25)16(9-14)22(11-24)12-34(31,32)21(2,3)20(26)29-22/h4-5,8-10H,6-7,11-12H2,1-3H3,(H2,26,29)(H,28,30). The lowest BCUT2D eigenvalue weighted by Gasteiger charge is -2.38. The number of amidine groups is 1. The van der Waals surface area contributed by atoms with Crippen molar-refractivity contribution < 1.29 is 31.1 Å². The molecule has 0 spiro atoms. The molecule has 12 heteroatoms. The summed E-state index contributed by atoms with van der Waals surface area (Å²) in [5, 5.41) is 2.54. The predicted molar refractivity (Wildman–Crippen MR) is 122 cm³/mol. The number of carbonyl (C=O) groups is 1. The Morgan fingerprint density at radius 2 is 1.97 bits per heavy atom. The van der Waals surface area contributed by atoms with Crippen LogP contribution in [0, 0.1) is 12.7 Å². The maximum atomic E-state index is 14.8. The van der Waals surface area contributed by atoms with Gasteiger partial charge in [-0.05, 0) is 50.6 Å². The number of carbonyl (C=O) groups excluding carboxylic acids is 1. The first-order valence-corrected chi connectivity index (χ1v) is 11.9. The number of halogens is 3. The lowest BCUT2D eigenvalue weighted by molar-refractivity contribution is 0.102. The topological polar surface area (TPSA) is 124 Å². The monoisotopic (exact) mass is 498 g/mol. The second-order valence-electron chi connectivity index (χ2n) is 8.45. The van der Waals surface area contributed by atoms with Gasteiger partial charge in [-0.3, -0.25) is 9.79 Å². The van der Waals surface area contributed by atoms with Gasteiger partial charge in [-0.1, -0.05) is 0 Å².